The molecule has 0 aliphatic carbocycles. The fourth-order valence-corrected chi connectivity index (χ4v) is 1.70. The Morgan fingerprint density at radius 3 is 2.54 bits per heavy atom. The van der Waals surface area contributed by atoms with Crippen LogP contribution >= 0.6 is 0 Å². The Bertz CT molecular complexity index is 261. The molecule has 1 heterocycles. The third kappa shape index (κ3) is 1.74. The maximum Gasteiger partial charge on any atom is 0.0855 e. The van der Waals surface area contributed by atoms with Gasteiger partial charge in [0.1, 0.15) is 0 Å². The van der Waals surface area contributed by atoms with E-state index in [0.717, 1.165) is 5.56 Å². The van der Waals surface area contributed by atoms with Crippen LogP contribution in [0.5, 0.6) is 0 Å². The summed E-state index contributed by atoms with van der Waals surface area (Å²) in [5.41, 5.74) is 1.16. The molecule has 0 saturated carbocycles. The fourth-order valence-electron chi connectivity index (χ4n) is 1.70. The minimum Gasteiger partial charge on any atom is -0.390 e. The van der Waals surface area contributed by atoms with Crippen LogP contribution in [0.15, 0.2) is 30.3 Å². The van der Waals surface area contributed by atoms with E-state index in [0.29, 0.717) is 6.42 Å². The number of hydrogen-bond donors (Lipinski definition) is 1. The highest BCUT2D eigenvalue weighted by atomic mass is 16.5. The first-order valence-electron chi connectivity index (χ1n) is 4.66. The molecule has 2 rings (SSSR count). The van der Waals surface area contributed by atoms with Crippen molar-refractivity contribution in [1.82, 2.24) is 0 Å². The van der Waals surface area contributed by atoms with E-state index < -0.39 is 0 Å². The molecule has 3 atom stereocenters. The summed E-state index contributed by atoms with van der Waals surface area (Å²) in [5, 5.41) is 9.50. The van der Waals surface area contributed by atoms with E-state index >= 15 is 0 Å². The van der Waals surface area contributed by atoms with Crippen LogP contribution < -0.4 is 0 Å². The lowest BCUT2D eigenvalue weighted by atomic mass is 10.1. The molecule has 2 nitrogen and oxygen atoms in total. The molecule has 0 aromatic heterocycles. The molecule has 2 heteroatoms. The van der Waals surface area contributed by atoms with Gasteiger partial charge in [0, 0.05) is 6.42 Å². The molecule has 0 amide bonds. The first-order chi connectivity index (χ1) is 6.27. The molecule has 0 spiro atoms. The highest BCUT2D eigenvalue weighted by Crippen LogP contribution is 2.32. The van der Waals surface area contributed by atoms with Crippen molar-refractivity contribution in [2.45, 2.75) is 31.7 Å². The van der Waals surface area contributed by atoms with Crippen LogP contribution in [0.2, 0.25) is 0 Å². The zero-order valence-electron chi connectivity index (χ0n) is 7.68. The van der Waals surface area contributed by atoms with Gasteiger partial charge in [-0.2, -0.15) is 0 Å². The van der Waals surface area contributed by atoms with Crippen molar-refractivity contribution < 1.29 is 9.84 Å². The van der Waals surface area contributed by atoms with Crippen LogP contribution in [0.25, 0.3) is 0 Å². The summed E-state index contributed by atoms with van der Waals surface area (Å²) in [6.07, 6.45) is 0.437. The number of ether oxygens (including phenoxy) is 1. The van der Waals surface area contributed by atoms with Gasteiger partial charge < -0.3 is 9.84 Å². The lowest BCUT2D eigenvalue weighted by Gasteiger charge is -2.10. The van der Waals surface area contributed by atoms with E-state index in [2.05, 4.69) is 0 Å². The smallest absolute Gasteiger partial charge is 0.0855 e. The molecular weight excluding hydrogens is 164 g/mol. The topological polar surface area (TPSA) is 29.5 Å². The minimum absolute atomic E-state index is 0.0368. The summed E-state index contributed by atoms with van der Waals surface area (Å²) in [4.78, 5) is 0. The van der Waals surface area contributed by atoms with Gasteiger partial charge in [0.25, 0.3) is 0 Å². The Morgan fingerprint density at radius 1 is 1.31 bits per heavy atom. The maximum atomic E-state index is 9.50. The zero-order chi connectivity index (χ0) is 9.26. The Labute approximate surface area is 78.2 Å². The molecule has 70 valence electrons. The third-order valence-corrected chi connectivity index (χ3v) is 2.55. The normalized spacial score (nSPS) is 33.5. The van der Waals surface area contributed by atoms with Crippen molar-refractivity contribution in [3.05, 3.63) is 35.9 Å². The van der Waals surface area contributed by atoms with Crippen LogP contribution in [0.4, 0.5) is 0 Å². The summed E-state index contributed by atoms with van der Waals surface area (Å²) in [7, 11) is 0. The van der Waals surface area contributed by atoms with E-state index in [1.165, 1.54) is 0 Å². The molecule has 0 radical (unpaired) electrons. The minimum atomic E-state index is -0.315. The average Bonchev–Trinajstić information content (AvgIpc) is 2.49. The standard InChI is InChI=1S/C11H14O2/c1-8-10(12)7-11(13-8)9-5-3-2-4-6-9/h2-6,8,10-12H,7H2,1H3/t8?,10-,11?/m0/s1. The Kier molecular flexibility index (Phi) is 2.34. The molecule has 1 N–H and O–H groups in total. The number of benzene rings is 1. The van der Waals surface area contributed by atoms with E-state index in [-0.39, 0.29) is 18.3 Å². The lowest BCUT2D eigenvalue weighted by Crippen LogP contribution is -2.15. The first-order valence-corrected chi connectivity index (χ1v) is 4.66. The second-order valence-corrected chi connectivity index (χ2v) is 3.54. The summed E-state index contributed by atoms with van der Waals surface area (Å²) in [6, 6.07) is 10.0. The predicted octanol–water partition coefficient (Wildman–Crippen LogP) is 1.90. The van der Waals surface area contributed by atoms with Crippen molar-refractivity contribution in [2.75, 3.05) is 0 Å². The van der Waals surface area contributed by atoms with Gasteiger partial charge in [-0.15, -0.1) is 0 Å². The Balaban J connectivity index is 2.12. The molecule has 1 aromatic carbocycles. The summed E-state index contributed by atoms with van der Waals surface area (Å²) >= 11 is 0. The van der Waals surface area contributed by atoms with E-state index in [1.54, 1.807) is 0 Å². The SMILES string of the molecule is CC1OC(c2ccccc2)C[C@@H]1O. The van der Waals surface area contributed by atoms with Crippen LogP contribution in [0.3, 0.4) is 0 Å². The van der Waals surface area contributed by atoms with Gasteiger partial charge in [0.05, 0.1) is 18.3 Å². The zero-order valence-corrected chi connectivity index (χ0v) is 7.68. The van der Waals surface area contributed by atoms with Gasteiger partial charge in [-0.1, -0.05) is 30.3 Å². The van der Waals surface area contributed by atoms with Crippen LogP contribution in [0, 0.1) is 0 Å². The largest absolute Gasteiger partial charge is 0.390 e. The predicted molar refractivity (Wildman–Crippen MR) is 50.4 cm³/mol. The second-order valence-electron chi connectivity index (χ2n) is 3.54. The highest BCUT2D eigenvalue weighted by Gasteiger charge is 2.31. The van der Waals surface area contributed by atoms with Crippen molar-refractivity contribution in [2.24, 2.45) is 0 Å². The van der Waals surface area contributed by atoms with Crippen LogP contribution in [0.1, 0.15) is 25.0 Å². The Hall–Kier alpha value is -0.860. The van der Waals surface area contributed by atoms with Crippen molar-refractivity contribution >= 4 is 0 Å². The molecule has 0 bridgehead atoms. The lowest BCUT2D eigenvalue weighted by molar-refractivity contribution is 0.0217. The molecule has 1 saturated heterocycles. The van der Waals surface area contributed by atoms with Gasteiger partial charge in [0.2, 0.25) is 0 Å². The molecule has 1 fully saturated rings. The third-order valence-electron chi connectivity index (χ3n) is 2.55. The number of aliphatic hydroxyl groups excluding tert-OH is 1. The fraction of sp³-hybridized carbons (Fsp3) is 0.455. The average molecular weight is 178 g/mol. The summed E-state index contributed by atoms with van der Waals surface area (Å²) in [5.74, 6) is 0. The molecule has 2 unspecified atom stereocenters. The molecule has 1 aliphatic rings. The van der Waals surface area contributed by atoms with Crippen molar-refractivity contribution in [3.8, 4) is 0 Å². The van der Waals surface area contributed by atoms with Gasteiger partial charge in [-0.3, -0.25) is 0 Å². The van der Waals surface area contributed by atoms with E-state index in [4.69, 9.17) is 4.74 Å². The van der Waals surface area contributed by atoms with Crippen LogP contribution in [-0.2, 0) is 4.74 Å². The summed E-state index contributed by atoms with van der Waals surface area (Å²) in [6.45, 7) is 1.91. The van der Waals surface area contributed by atoms with Crippen LogP contribution in [-0.4, -0.2) is 17.3 Å². The number of rotatable bonds is 1. The van der Waals surface area contributed by atoms with E-state index in [1.807, 2.05) is 37.3 Å². The molecule has 1 aromatic rings. The van der Waals surface area contributed by atoms with E-state index in [9.17, 15) is 5.11 Å². The monoisotopic (exact) mass is 178 g/mol. The number of aliphatic hydroxyl groups is 1. The van der Waals surface area contributed by atoms with Gasteiger partial charge >= 0.3 is 0 Å². The molecule has 13 heavy (non-hydrogen) atoms. The molecular formula is C11H14O2. The maximum absolute atomic E-state index is 9.50. The van der Waals surface area contributed by atoms with Crippen molar-refractivity contribution in [3.63, 3.8) is 0 Å². The highest BCUT2D eigenvalue weighted by molar-refractivity contribution is 5.18. The quantitative estimate of drug-likeness (QED) is 0.711. The Morgan fingerprint density at radius 2 is 2.00 bits per heavy atom. The van der Waals surface area contributed by atoms with Crippen molar-refractivity contribution in [1.29, 1.82) is 0 Å². The second kappa shape index (κ2) is 3.48. The van der Waals surface area contributed by atoms with Gasteiger partial charge in [-0.25, -0.2) is 0 Å². The molecule has 1 aliphatic heterocycles. The number of hydrogen-bond acceptors (Lipinski definition) is 2. The van der Waals surface area contributed by atoms with Gasteiger partial charge in [0.15, 0.2) is 0 Å². The van der Waals surface area contributed by atoms with Gasteiger partial charge in [-0.05, 0) is 12.5 Å². The first kappa shape index (κ1) is 8.73. The summed E-state index contributed by atoms with van der Waals surface area (Å²) < 4.78 is 5.61.